The lowest BCUT2D eigenvalue weighted by atomic mass is 10.2. The standard InChI is InChI=1S/C19H21N3O6/c20-8-13-26-17(23)6-10-22(11-7-18(24)27-14-9-21)12-15-28-19(25)16-4-2-1-3-5-16/h1-5H,6-7,10-15H2. The Bertz CT molecular complexity index is 689. The number of benzene rings is 1. The fraction of sp³-hybridized carbons (Fsp3) is 0.421. The van der Waals surface area contributed by atoms with Crippen LogP contribution in [0.4, 0.5) is 0 Å². The van der Waals surface area contributed by atoms with Crippen LogP contribution in [0.2, 0.25) is 0 Å². The highest BCUT2D eigenvalue weighted by molar-refractivity contribution is 5.89. The van der Waals surface area contributed by atoms with Crippen LogP contribution in [0.25, 0.3) is 0 Å². The van der Waals surface area contributed by atoms with Gasteiger partial charge in [-0.25, -0.2) is 4.79 Å². The number of carbonyl (C=O) groups excluding carboxylic acids is 3. The van der Waals surface area contributed by atoms with E-state index in [1.807, 2.05) is 0 Å². The molecule has 1 aromatic carbocycles. The molecule has 1 aromatic rings. The van der Waals surface area contributed by atoms with Crippen molar-refractivity contribution in [3.63, 3.8) is 0 Å². The first kappa shape index (κ1) is 22.6. The fourth-order valence-electron chi connectivity index (χ4n) is 2.13. The molecule has 0 aliphatic heterocycles. The fourth-order valence-corrected chi connectivity index (χ4v) is 2.13. The van der Waals surface area contributed by atoms with Gasteiger partial charge in [-0.15, -0.1) is 0 Å². The van der Waals surface area contributed by atoms with Gasteiger partial charge in [-0.3, -0.25) is 14.5 Å². The van der Waals surface area contributed by atoms with Gasteiger partial charge in [0.05, 0.1) is 18.4 Å². The number of esters is 3. The van der Waals surface area contributed by atoms with Crippen molar-refractivity contribution in [2.75, 3.05) is 39.5 Å². The van der Waals surface area contributed by atoms with Gasteiger partial charge in [0, 0.05) is 19.6 Å². The number of nitrogens with zero attached hydrogens (tertiary/aromatic N) is 3. The first-order valence-corrected chi connectivity index (χ1v) is 8.56. The lowest BCUT2D eigenvalue weighted by molar-refractivity contribution is -0.142. The molecule has 0 bridgehead atoms. The molecule has 9 heteroatoms. The van der Waals surface area contributed by atoms with E-state index in [0.717, 1.165) is 0 Å². The lowest BCUT2D eigenvalue weighted by Gasteiger charge is -2.21. The van der Waals surface area contributed by atoms with Gasteiger partial charge in [-0.05, 0) is 12.1 Å². The second kappa shape index (κ2) is 13.7. The Morgan fingerprint density at radius 2 is 1.36 bits per heavy atom. The van der Waals surface area contributed by atoms with Crippen molar-refractivity contribution in [1.29, 1.82) is 10.5 Å². The maximum atomic E-state index is 11.9. The van der Waals surface area contributed by atoms with E-state index >= 15 is 0 Å². The Morgan fingerprint density at radius 3 is 1.86 bits per heavy atom. The second-order valence-corrected chi connectivity index (χ2v) is 5.48. The van der Waals surface area contributed by atoms with Crippen LogP contribution in [-0.4, -0.2) is 62.3 Å². The third-order valence-corrected chi connectivity index (χ3v) is 3.51. The minimum absolute atomic E-state index is 0.0154. The molecule has 148 valence electrons. The Hall–Kier alpha value is -3.43. The topological polar surface area (TPSA) is 130 Å². The Labute approximate surface area is 163 Å². The van der Waals surface area contributed by atoms with E-state index in [1.54, 1.807) is 47.4 Å². The Balaban J connectivity index is 2.47. The van der Waals surface area contributed by atoms with Crippen molar-refractivity contribution in [2.24, 2.45) is 0 Å². The summed E-state index contributed by atoms with van der Waals surface area (Å²) in [5, 5.41) is 16.8. The summed E-state index contributed by atoms with van der Waals surface area (Å²) in [6.45, 7) is 0.198. The van der Waals surface area contributed by atoms with Crippen LogP contribution in [0.1, 0.15) is 23.2 Å². The minimum atomic E-state index is -0.542. The molecule has 0 aromatic heterocycles. The molecule has 1 rings (SSSR count). The molecule has 9 nitrogen and oxygen atoms in total. The maximum absolute atomic E-state index is 11.9. The first-order chi connectivity index (χ1) is 13.6. The lowest BCUT2D eigenvalue weighted by Crippen LogP contribution is -2.33. The Morgan fingerprint density at radius 1 is 0.821 bits per heavy atom. The van der Waals surface area contributed by atoms with Crippen molar-refractivity contribution < 1.29 is 28.6 Å². The zero-order chi connectivity index (χ0) is 20.6. The average molecular weight is 387 g/mol. The van der Waals surface area contributed by atoms with E-state index in [-0.39, 0.29) is 52.3 Å². The SMILES string of the molecule is N#CCOC(=O)CCN(CCOC(=O)c1ccccc1)CCC(=O)OCC#N. The summed E-state index contributed by atoms with van der Waals surface area (Å²) in [5.41, 5.74) is 0.425. The molecule has 0 saturated heterocycles. The van der Waals surface area contributed by atoms with Crippen molar-refractivity contribution >= 4 is 17.9 Å². The normalized spacial score (nSPS) is 9.82. The van der Waals surface area contributed by atoms with Crippen molar-refractivity contribution in [3.8, 4) is 12.1 Å². The van der Waals surface area contributed by atoms with Crippen molar-refractivity contribution in [1.82, 2.24) is 4.90 Å². The predicted molar refractivity (Wildman–Crippen MR) is 95.5 cm³/mol. The molecule has 0 N–H and O–H groups in total. The van der Waals surface area contributed by atoms with Gasteiger partial charge in [0.15, 0.2) is 13.2 Å². The molecule has 0 saturated carbocycles. The zero-order valence-corrected chi connectivity index (χ0v) is 15.3. The van der Waals surface area contributed by atoms with Crippen LogP contribution in [0.3, 0.4) is 0 Å². The van der Waals surface area contributed by atoms with E-state index in [4.69, 9.17) is 15.3 Å². The summed E-state index contributed by atoms with van der Waals surface area (Å²) >= 11 is 0. The molecule has 0 unspecified atom stereocenters. The molecule has 28 heavy (non-hydrogen) atoms. The quantitative estimate of drug-likeness (QED) is 0.381. The monoisotopic (exact) mass is 387 g/mol. The molecule has 0 amide bonds. The van der Waals surface area contributed by atoms with Gasteiger partial charge in [0.1, 0.15) is 18.7 Å². The van der Waals surface area contributed by atoms with E-state index in [1.165, 1.54) is 0 Å². The molecular formula is C19H21N3O6. The summed E-state index contributed by atoms with van der Waals surface area (Å²) in [5.74, 6) is -1.55. The Kier molecular flexibility index (Phi) is 11.1. The third-order valence-electron chi connectivity index (χ3n) is 3.51. The molecule has 0 heterocycles. The summed E-state index contributed by atoms with van der Waals surface area (Å²) in [6.07, 6.45) is 0.0309. The predicted octanol–water partition coefficient (Wildman–Crippen LogP) is 1.06. The van der Waals surface area contributed by atoms with E-state index in [9.17, 15) is 14.4 Å². The van der Waals surface area contributed by atoms with E-state index < -0.39 is 17.9 Å². The second-order valence-electron chi connectivity index (χ2n) is 5.48. The van der Waals surface area contributed by atoms with Crippen molar-refractivity contribution in [2.45, 2.75) is 12.8 Å². The van der Waals surface area contributed by atoms with Crippen LogP contribution >= 0.6 is 0 Å². The zero-order valence-electron chi connectivity index (χ0n) is 15.3. The highest BCUT2D eigenvalue weighted by Crippen LogP contribution is 2.03. The first-order valence-electron chi connectivity index (χ1n) is 8.56. The largest absolute Gasteiger partial charge is 0.461 e. The number of hydrogen-bond donors (Lipinski definition) is 0. The average Bonchev–Trinajstić information content (AvgIpc) is 2.72. The molecular weight excluding hydrogens is 366 g/mol. The summed E-state index contributed by atoms with van der Waals surface area (Å²) < 4.78 is 14.6. The third kappa shape index (κ3) is 9.90. The van der Waals surface area contributed by atoms with E-state index in [2.05, 4.69) is 9.47 Å². The summed E-state index contributed by atoms with van der Waals surface area (Å²) in [7, 11) is 0. The molecule has 0 aliphatic rings. The van der Waals surface area contributed by atoms with E-state index in [0.29, 0.717) is 5.56 Å². The molecule has 0 fully saturated rings. The molecule has 0 aliphatic carbocycles. The number of nitriles is 2. The van der Waals surface area contributed by atoms with Crippen LogP contribution in [0, 0.1) is 22.7 Å². The highest BCUT2D eigenvalue weighted by atomic mass is 16.5. The van der Waals surface area contributed by atoms with Gasteiger partial charge in [-0.2, -0.15) is 10.5 Å². The van der Waals surface area contributed by atoms with Crippen LogP contribution < -0.4 is 0 Å². The minimum Gasteiger partial charge on any atom is -0.461 e. The van der Waals surface area contributed by atoms with Crippen LogP contribution in [0.15, 0.2) is 30.3 Å². The molecule has 0 spiro atoms. The summed E-state index contributed by atoms with van der Waals surface area (Å²) in [6, 6.07) is 11.9. The van der Waals surface area contributed by atoms with Crippen LogP contribution in [0.5, 0.6) is 0 Å². The van der Waals surface area contributed by atoms with Gasteiger partial charge in [0.2, 0.25) is 0 Å². The number of hydrogen-bond acceptors (Lipinski definition) is 9. The number of carbonyl (C=O) groups is 3. The number of rotatable bonds is 12. The maximum Gasteiger partial charge on any atom is 0.338 e. The van der Waals surface area contributed by atoms with Gasteiger partial charge >= 0.3 is 17.9 Å². The number of ether oxygens (including phenoxy) is 3. The van der Waals surface area contributed by atoms with Gasteiger partial charge in [-0.1, -0.05) is 18.2 Å². The molecule has 0 atom stereocenters. The van der Waals surface area contributed by atoms with Gasteiger partial charge in [0.25, 0.3) is 0 Å². The van der Waals surface area contributed by atoms with Crippen molar-refractivity contribution in [3.05, 3.63) is 35.9 Å². The van der Waals surface area contributed by atoms with Crippen LogP contribution in [-0.2, 0) is 23.8 Å². The molecule has 0 radical (unpaired) electrons. The van der Waals surface area contributed by atoms with Gasteiger partial charge < -0.3 is 14.2 Å². The summed E-state index contributed by atoms with van der Waals surface area (Å²) in [4.78, 5) is 36.8. The smallest absolute Gasteiger partial charge is 0.338 e. The highest BCUT2D eigenvalue weighted by Gasteiger charge is 2.13.